The van der Waals surface area contributed by atoms with Crippen LogP contribution in [0, 0.1) is 5.92 Å². The normalized spacial score (nSPS) is 22.6. The van der Waals surface area contributed by atoms with Crippen molar-refractivity contribution in [3.8, 4) is 0 Å². The Morgan fingerprint density at radius 1 is 1.31 bits per heavy atom. The Labute approximate surface area is 161 Å². The van der Waals surface area contributed by atoms with Crippen LogP contribution in [0.5, 0.6) is 0 Å². The summed E-state index contributed by atoms with van der Waals surface area (Å²) in [7, 11) is 0. The minimum absolute atomic E-state index is 0.0176. The average molecular weight is 381 g/mol. The van der Waals surface area contributed by atoms with E-state index < -0.39 is 0 Å². The Kier molecular flexibility index (Phi) is 6.64. The van der Waals surface area contributed by atoms with Crippen LogP contribution in [0.1, 0.15) is 33.6 Å². The van der Waals surface area contributed by atoms with Crippen LogP contribution in [0.25, 0.3) is 0 Å². The Hall–Kier alpha value is -1.05. The number of hydrogen-bond acceptors (Lipinski definition) is 5. The second-order valence-corrected chi connectivity index (χ2v) is 9.24. The molecule has 1 aromatic heterocycles. The van der Waals surface area contributed by atoms with Crippen molar-refractivity contribution in [2.24, 2.45) is 5.92 Å². The molecule has 1 atom stereocenters. The molecule has 7 heteroatoms. The summed E-state index contributed by atoms with van der Waals surface area (Å²) in [4.78, 5) is 21.7. The van der Waals surface area contributed by atoms with E-state index in [0.29, 0.717) is 11.7 Å². The number of imidazole rings is 1. The lowest BCUT2D eigenvalue weighted by molar-refractivity contribution is -0.130. The van der Waals surface area contributed by atoms with Crippen molar-refractivity contribution in [2.45, 2.75) is 44.3 Å². The molecule has 0 radical (unpaired) electrons. The maximum Gasteiger partial charge on any atom is 0.233 e. The van der Waals surface area contributed by atoms with Gasteiger partial charge in [0.05, 0.1) is 19.0 Å². The van der Waals surface area contributed by atoms with Crippen LogP contribution in [-0.4, -0.2) is 76.9 Å². The monoisotopic (exact) mass is 380 g/mol. The van der Waals surface area contributed by atoms with Crippen LogP contribution in [0.2, 0.25) is 0 Å². The van der Waals surface area contributed by atoms with Crippen molar-refractivity contribution < 1.29 is 9.53 Å². The van der Waals surface area contributed by atoms with Gasteiger partial charge in [-0.1, -0.05) is 11.8 Å². The van der Waals surface area contributed by atoms with Gasteiger partial charge < -0.3 is 14.2 Å². The molecular weight excluding hydrogens is 348 g/mol. The largest absolute Gasteiger partial charge is 0.379 e. The van der Waals surface area contributed by atoms with Gasteiger partial charge in [0.1, 0.15) is 0 Å². The Balaban J connectivity index is 1.49. The molecule has 2 fully saturated rings. The number of piperidine rings is 1. The minimum Gasteiger partial charge on any atom is -0.379 e. The van der Waals surface area contributed by atoms with E-state index in [-0.39, 0.29) is 11.4 Å². The third-order valence-electron chi connectivity index (χ3n) is 5.15. The third kappa shape index (κ3) is 5.24. The molecule has 2 saturated heterocycles. The quantitative estimate of drug-likeness (QED) is 0.734. The molecule has 1 unspecified atom stereocenters. The molecule has 3 heterocycles. The first kappa shape index (κ1) is 19.7. The van der Waals surface area contributed by atoms with Crippen molar-refractivity contribution in [1.82, 2.24) is 19.4 Å². The lowest BCUT2D eigenvalue weighted by Gasteiger charge is -2.36. The van der Waals surface area contributed by atoms with E-state index in [4.69, 9.17) is 4.74 Å². The van der Waals surface area contributed by atoms with Crippen molar-refractivity contribution in [3.05, 3.63) is 12.4 Å². The van der Waals surface area contributed by atoms with E-state index in [1.807, 2.05) is 12.4 Å². The van der Waals surface area contributed by atoms with Gasteiger partial charge in [-0.3, -0.25) is 9.69 Å². The maximum absolute atomic E-state index is 12.7. The van der Waals surface area contributed by atoms with E-state index >= 15 is 0 Å². The van der Waals surface area contributed by atoms with Gasteiger partial charge in [-0.2, -0.15) is 0 Å². The van der Waals surface area contributed by atoms with Gasteiger partial charge in [0.15, 0.2) is 5.16 Å². The van der Waals surface area contributed by atoms with E-state index in [0.717, 1.165) is 57.5 Å². The minimum atomic E-state index is -0.0176. The Morgan fingerprint density at radius 2 is 2.08 bits per heavy atom. The first-order valence-electron chi connectivity index (χ1n) is 9.68. The van der Waals surface area contributed by atoms with Gasteiger partial charge in [0, 0.05) is 50.7 Å². The standard InChI is InChI=1S/C19H32N4O2S/c1-19(2,3)23-8-6-20-18(23)26-15-17(24)22-7-4-5-16(14-22)13-21-9-11-25-12-10-21/h6,8,16H,4-5,7,9-15H2,1-3H3. The van der Waals surface area contributed by atoms with Gasteiger partial charge in [0.25, 0.3) is 0 Å². The number of likely N-dealkylation sites (tertiary alicyclic amines) is 1. The number of thioether (sulfide) groups is 1. The molecule has 0 N–H and O–H groups in total. The summed E-state index contributed by atoms with van der Waals surface area (Å²) in [6.45, 7) is 13.1. The topological polar surface area (TPSA) is 50.6 Å². The fourth-order valence-corrected chi connectivity index (χ4v) is 4.76. The summed E-state index contributed by atoms with van der Waals surface area (Å²) in [5.74, 6) is 1.30. The van der Waals surface area contributed by atoms with E-state index in [1.165, 1.54) is 6.42 Å². The van der Waals surface area contributed by atoms with Crippen LogP contribution in [0.15, 0.2) is 17.6 Å². The lowest BCUT2D eigenvalue weighted by atomic mass is 9.97. The predicted molar refractivity (Wildman–Crippen MR) is 105 cm³/mol. The Morgan fingerprint density at radius 3 is 2.81 bits per heavy atom. The second-order valence-electron chi connectivity index (χ2n) is 8.30. The van der Waals surface area contributed by atoms with Crippen LogP contribution < -0.4 is 0 Å². The van der Waals surface area contributed by atoms with E-state index in [9.17, 15) is 4.79 Å². The lowest BCUT2D eigenvalue weighted by Crippen LogP contribution is -2.46. The Bertz CT molecular complexity index is 593. The summed E-state index contributed by atoms with van der Waals surface area (Å²) in [5, 5.41) is 0.924. The summed E-state index contributed by atoms with van der Waals surface area (Å²) in [6.07, 6.45) is 6.15. The fraction of sp³-hybridized carbons (Fsp3) is 0.789. The number of ether oxygens (including phenoxy) is 1. The molecule has 26 heavy (non-hydrogen) atoms. The molecule has 2 aliphatic heterocycles. The zero-order valence-electron chi connectivity index (χ0n) is 16.3. The smallest absolute Gasteiger partial charge is 0.233 e. The van der Waals surface area contributed by atoms with Gasteiger partial charge in [0.2, 0.25) is 5.91 Å². The van der Waals surface area contributed by atoms with Crippen molar-refractivity contribution in [1.29, 1.82) is 0 Å². The highest BCUT2D eigenvalue weighted by Crippen LogP contribution is 2.25. The molecule has 1 aromatic rings. The number of hydrogen-bond donors (Lipinski definition) is 0. The number of carbonyl (C=O) groups excluding carboxylic acids is 1. The molecule has 6 nitrogen and oxygen atoms in total. The SMILES string of the molecule is CC(C)(C)n1ccnc1SCC(=O)N1CCCC(CN2CCOCC2)C1. The van der Waals surface area contributed by atoms with Gasteiger partial charge in [-0.25, -0.2) is 4.98 Å². The van der Waals surface area contributed by atoms with Crippen LogP contribution >= 0.6 is 11.8 Å². The molecule has 2 aliphatic rings. The van der Waals surface area contributed by atoms with Crippen molar-refractivity contribution in [3.63, 3.8) is 0 Å². The first-order chi connectivity index (χ1) is 12.4. The maximum atomic E-state index is 12.7. The number of carbonyl (C=O) groups is 1. The highest BCUT2D eigenvalue weighted by Gasteiger charge is 2.26. The number of morpholine rings is 1. The summed E-state index contributed by atoms with van der Waals surface area (Å²) >= 11 is 1.55. The first-order valence-corrected chi connectivity index (χ1v) is 10.7. The van der Waals surface area contributed by atoms with Crippen molar-refractivity contribution in [2.75, 3.05) is 51.7 Å². The molecule has 0 bridgehead atoms. The number of amides is 1. The average Bonchev–Trinajstić information content (AvgIpc) is 3.10. The summed E-state index contributed by atoms with van der Waals surface area (Å²) < 4.78 is 7.57. The highest BCUT2D eigenvalue weighted by atomic mass is 32.2. The highest BCUT2D eigenvalue weighted by molar-refractivity contribution is 7.99. The molecule has 0 spiro atoms. The third-order valence-corrected chi connectivity index (χ3v) is 6.10. The molecular formula is C19H32N4O2S. The van der Waals surface area contributed by atoms with Crippen molar-refractivity contribution >= 4 is 17.7 Å². The van der Waals surface area contributed by atoms with Crippen LogP contribution in [0.3, 0.4) is 0 Å². The van der Waals surface area contributed by atoms with E-state index in [2.05, 4.69) is 40.1 Å². The zero-order chi connectivity index (χ0) is 18.6. The zero-order valence-corrected chi connectivity index (χ0v) is 17.1. The van der Waals surface area contributed by atoms with Crippen LogP contribution in [-0.2, 0) is 15.1 Å². The molecule has 0 saturated carbocycles. The molecule has 0 aliphatic carbocycles. The molecule has 3 rings (SSSR count). The molecule has 1 amide bonds. The predicted octanol–water partition coefficient (Wildman–Crippen LogP) is 2.30. The molecule has 146 valence electrons. The number of rotatable bonds is 5. The molecule has 0 aromatic carbocycles. The summed E-state index contributed by atoms with van der Waals surface area (Å²) in [6, 6.07) is 0. The van der Waals surface area contributed by atoms with Crippen LogP contribution in [0.4, 0.5) is 0 Å². The summed E-state index contributed by atoms with van der Waals surface area (Å²) in [5.41, 5.74) is -0.0176. The van der Waals surface area contributed by atoms with Gasteiger partial charge in [-0.05, 0) is 39.5 Å². The number of nitrogens with zero attached hydrogens (tertiary/aromatic N) is 4. The second kappa shape index (κ2) is 8.76. The van der Waals surface area contributed by atoms with Gasteiger partial charge in [-0.15, -0.1) is 0 Å². The van der Waals surface area contributed by atoms with Gasteiger partial charge >= 0.3 is 0 Å². The number of aromatic nitrogens is 2. The fourth-order valence-electron chi connectivity index (χ4n) is 3.71. The van der Waals surface area contributed by atoms with E-state index in [1.54, 1.807) is 11.8 Å².